The zero-order valence-electron chi connectivity index (χ0n) is 14.2. The molecule has 0 spiro atoms. The van der Waals surface area contributed by atoms with Gasteiger partial charge in [-0.25, -0.2) is 8.78 Å². The van der Waals surface area contributed by atoms with E-state index < -0.39 is 17.7 Å². The van der Waals surface area contributed by atoms with E-state index in [9.17, 15) is 13.6 Å². The highest BCUT2D eigenvalue weighted by molar-refractivity contribution is 5.87. The number of carbonyl (C=O) groups is 1. The summed E-state index contributed by atoms with van der Waals surface area (Å²) >= 11 is 0. The standard InChI is InChI=1S/C21H20F2N2O/c1-2-6-19(24)21(26)25-13-15(17-12-16(22)9-10-18(17)23)11-20(25)14-7-4-3-5-8-14/h2-5,7-12,19-20H,1,6,13,24H2. The number of rotatable bonds is 5. The van der Waals surface area contributed by atoms with Crippen LogP contribution >= 0.6 is 0 Å². The van der Waals surface area contributed by atoms with Crippen molar-refractivity contribution in [1.29, 1.82) is 0 Å². The third-order valence-corrected chi connectivity index (χ3v) is 4.47. The van der Waals surface area contributed by atoms with Gasteiger partial charge in [0, 0.05) is 12.1 Å². The lowest BCUT2D eigenvalue weighted by atomic mass is 10.0. The lowest BCUT2D eigenvalue weighted by Crippen LogP contribution is -2.43. The molecule has 2 aromatic carbocycles. The fourth-order valence-corrected chi connectivity index (χ4v) is 3.17. The van der Waals surface area contributed by atoms with Gasteiger partial charge in [-0.2, -0.15) is 0 Å². The molecule has 0 saturated heterocycles. The predicted molar refractivity (Wildman–Crippen MR) is 98.0 cm³/mol. The van der Waals surface area contributed by atoms with Gasteiger partial charge in [-0.3, -0.25) is 4.79 Å². The van der Waals surface area contributed by atoms with E-state index in [-0.39, 0.29) is 24.1 Å². The van der Waals surface area contributed by atoms with E-state index >= 15 is 0 Å². The van der Waals surface area contributed by atoms with Crippen molar-refractivity contribution >= 4 is 11.5 Å². The topological polar surface area (TPSA) is 46.3 Å². The SMILES string of the molecule is C=CCC(N)C(=O)N1CC(c2cc(F)ccc2F)=CC1c1ccccc1. The van der Waals surface area contributed by atoms with Gasteiger partial charge in [0.15, 0.2) is 0 Å². The minimum absolute atomic E-state index is 0.165. The van der Waals surface area contributed by atoms with Gasteiger partial charge >= 0.3 is 0 Å². The highest BCUT2D eigenvalue weighted by atomic mass is 19.1. The van der Waals surface area contributed by atoms with E-state index in [0.717, 1.165) is 23.8 Å². The Kier molecular flexibility index (Phi) is 5.28. The third-order valence-electron chi connectivity index (χ3n) is 4.47. The maximum Gasteiger partial charge on any atom is 0.240 e. The van der Waals surface area contributed by atoms with Crippen molar-refractivity contribution in [3.05, 3.63) is 90.0 Å². The van der Waals surface area contributed by atoms with E-state index in [0.29, 0.717) is 12.0 Å². The first-order valence-corrected chi connectivity index (χ1v) is 8.39. The molecule has 134 valence electrons. The molecule has 26 heavy (non-hydrogen) atoms. The maximum atomic E-state index is 14.2. The molecule has 5 heteroatoms. The molecule has 1 aliphatic heterocycles. The van der Waals surface area contributed by atoms with Crippen LogP contribution in [-0.4, -0.2) is 23.4 Å². The molecule has 0 fully saturated rings. The lowest BCUT2D eigenvalue weighted by molar-refractivity contribution is -0.133. The summed E-state index contributed by atoms with van der Waals surface area (Å²) in [4.78, 5) is 14.4. The fourth-order valence-electron chi connectivity index (χ4n) is 3.17. The molecule has 0 saturated carbocycles. The molecule has 2 atom stereocenters. The first-order valence-electron chi connectivity index (χ1n) is 8.39. The Morgan fingerprint density at radius 3 is 2.69 bits per heavy atom. The minimum Gasteiger partial charge on any atom is -0.326 e. The Hall–Kier alpha value is -2.79. The molecular weight excluding hydrogens is 334 g/mol. The number of amides is 1. The van der Waals surface area contributed by atoms with Gasteiger partial charge in [-0.1, -0.05) is 42.5 Å². The lowest BCUT2D eigenvalue weighted by Gasteiger charge is -2.27. The van der Waals surface area contributed by atoms with Crippen molar-refractivity contribution in [2.24, 2.45) is 5.73 Å². The Morgan fingerprint density at radius 1 is 1.27 bits per heavy atom. The van der Waals surface area contributed by atoms with Crippen LogP contribution in [0, 0.1) is 11.6 Å². The van der Waals surface area contributed by atoms with Crippen LogP contribution in [0.3, 0.4) is 0 Å². The first-order chi connectivity index (χ1) is 12.5. The van der Waals surface area contributed by atoms with Gasteiger partial charge in [0.05, 0.1) is 12.1 Å². The second-order valence-corrected chi connectivity index (χ2v) is 6.27. The molecule has 2 N–H and O–H groups in total. The number of benzene rings is 2. The fraction of sp³-hybridized carbons (Fsp3) is 0.190. The molecule has 3 rings (SSSR count). The molecule has 1 amide bonds. The minimum atomic E-state index is -0.719. The van der Waals surface area contributed by atoms with Crippen molar-refractivity contribution < 1.29 is 13.6 Å². The number of hydrogen-bond donors (Lipinski definition) is 1. The van der Waals surface area contributed by atoms with Crippen molar-refractivity contribution in [3.63, 3.8) is 0 Å². The molecule has 0 aromatic heterocycles. The summed E-state index contributed by atoms with van der Waals surface area (Å²) in [7, 11) is 0. The molecule has 0 radical (unpaired) electrons. The molecule has 2 unspecified atom stereocenters. The molecule has 1 aliphatic rings. The Bertz CT molecular complexity index is 848. The van der Waals surface area contributed by atoms with E-state index in [1.165, 1.54) is 0 Å². The van der Waals surface area contributed by atoms with Gasteiger partial charge < -0.3 is 10.6 Å². The number of carbonyl (C=O) groups excluding carboxylic acids is 1. The summed E-state index contributed by atoms with van der Waals surface area (Å²) in [6, 6.07) is 11.6. The molecule has 2 aromatic rings. The Morgan fingerprint density at radius 2 is 2.00 bits per heavy atom. The van der Waals surface area contributed by atoms with Crippen LogP contribution < -0.4 is 5.73 Å². The average molecular weight is 354 g/mol. The first kappa shape index (κ1) is 18.0. The van der Waals surface area contributed by atoms with Crippen molar-refractivity contribution in [1.82, 2.24) is 4.90 Å². The third kappa shape index (κ3) is 3.58. The van der Waals surface area contributed by atoms with E-state index in [1.54, 1.807) is 17.1 Å². The van der Waals surface area contributed by atoms with Crippen molar-refractivity contribution in [2.45, 2.75) is 18.5 Å². The largest absolute Gasteiger partial charge is 0.326 e. The van der Waals surface area contributed by atoms with Gasteiger partial charge in [0.1, 0.15) is 11.6 Å². The summed E-state index contributed by atoms with van der Waals surface area (Å²) in [5.41, 5.74) is 7.58. The van der Waals surface area contributed by atoms with E-state index in [2.05, 4.69) is 6.58 Å². The van der Waals surface area contributed by atoms with Crippen LogP contribution in [0.25, 0.3) is 5.57 Å². The van der Waals surface area contributed by atoms with Crippen molar-refractivity contribution in [2.75, 3.05) is 6.54 Å². The summed E-state index contributed by atoms with van der Waals surface area (Å²) < 4.78 is 27.8. The molecule has 0 bridgehead atoms. The second kappa shape index (κ2) is 7.62. The van der Waals surface area contributed by atoms with Crippen LogP contribution in [0.2, 0.25) is 0 Å². The van der Waals surface area contributed by atoms with E-state index in [4.69, 9.17) is 5.73 Å². The highest BCUT2D eigenvalue weighted by Crippen LogP contribution is 2.36. The zero-order chi connectivity index (χ0) is 18.7. The maximum absolute atomic E-state index is 14.2. The normalized spacial score (nSPS) is 17.7. The van der Waals surface area contributed by atoms with Crippen LogP contribution in [0.5, 0.6) is 0 Å². The predicted octanol–water partition coefficient (Wildman–Crippen LogP) is 3.84. The quantitative estimate of drug-likeness (QED) is 0.830. The number of nitrogens with zero attached hydrogens (tertiary/aromatic N) is 1. The van der Waals surface area contributed by atoms with Gasteiger partial charge in [-0.15, -0.1) is 6.58 Å². The summed E-state index contributed by atoms with van der Waals surface area (Å²) in [6.07, 6.45) is 3.74. The number of hydrogen-bond acceptors (Lipinski definition) is 2. The summed E-state index contributed by atoms with van der Waals surface area (Å²) in [5, 5.41) is 0. The van der Waals surface area contributed by atoms with Crippen LogP contribution in [0.1, 0.15) is 23.6 Å². The van der Waals surface area contributed by atoms with Gasteiger partial charge in [-0.05, 0) is 35.8 Å². The Balaban J connectivity index is 2.00. The smallest absolute Gasteiger partial charge is 0.240 e. The zero-order valence-corrected chi connectivity index (χ0v) is 14.2. The van der Waals surface area contributed by atoms with Gasteiger partial charge in [0.25, 0.3) is 0 Å². The molecule has 0 aliphatic carbocycles. The molecule has 1 heterocycles. The summed E-state index contributed by atoms with van der Waals surface area (Å²) in [5.74, 6) is -1.29. The monoisotopic (exact) mass is 354 g/mol. The van der Waals surface area contributed by atoms with Crippen molar-refractivity contribution in [3.8, 4) is 0 Å². The Labute approximate surface area is 151 Å². The van der Waals surface area contributed by atoms with Crippen LogP contribution in [0.4, 0.5) is 8.78 Å². The van der Waals surface area contributed by atoms with Crippen LogP contribution in [0.15, 0.2) is 67.3 Å². The van der Waals surface area contributed by atoms with Gasteiger partial charge in [0.2, 0.25) is 5.91 Å². The molecule has 3 nitrogen and oxygen atoms in total. The number of nitrogens with two attached hydrogens (primary N) is 1. The molecular formula is C21H20F2N2O. The number of halogens is 2. The summed E-state index contributed by atoms with van der Waals surface area (Å²) in [6.45, 7) is 3.79. The van der Waals surface area contributed by atoms with E-state index in [1.807, 2.05) is 30.3 Å². The highest BCUT2D eigenvalue weighted by Gasteiger charge is 2.33. The van der Waals surface area contributed by atoms with Crippen LogP contribution in [-0.2, 0) is 4.79 Å². The second-order valence-electron chi connectivity index (χ2n) is 6.27. The average Bonchev–Trinajstić information content (AvgIpc) is 3.09.